The first-order valence-electron chi connectivity index (χ1n) is 8.19. The molecule has 1 aliphatic rings. The van der Waals surface area contributed by atoms with Gasteiger partial charge in [0.25, 0.3) is 0 Å². The highest BCUT2D eigenvalue weighted by molar-refractivity contribution is 14.0. The van der Waals surface area contributed by atoms with Crippen molar-refractivity contribution in [2.24, 2.45) is 4.99 Å². The molecule has 126 valence electrons. The third-order valence-corrected chi connectivity index (χ3v) is 3.76. The molecule has 0 saturated heterocycles. The van der Waals surface area contributed by atoms with Gasteiger partial charge in [-0.1, -0.05) is 19.3 Å². The van der Waals surface area contributed by atoms with Crippen LogP contribution >= 0.6 is 24.0 Å². The summed E-state index contributed by atoms with van der Waals surface area (Å²) in [6.07, 6.45) is 6.93. The molecule has 0 aromatic rings. The molecule has 1 fully saturated rings. The van der Waals surface area contributed by atoms with Gasteiger partial charge in [-0.05, 0) is 47.6 Å². The molecule has 1 saturated carbocycles. The van der Waals surface area contributed by atoms with Gasteiger partial charge in [0.2, 0.25) is 0 Å². The zero-order chi connectivity index (χ0) is 15.0. The van der Waals surface area contributed by atoms with E-state index in [1.165, 1.54) is 32.1 Å². The molecule has 0 amide bonds. The van der Waals surface area contributed by atoms with E-state index in [0.717, 1.165) is 31.6 Å². The SMILES string of the molecule is CCNC(=NCCN(C)C1CCCCC1)NC(C)(C)C.I. The fourth-order valence-corrected chi connectivity index (χ4v) is 2.69. The van der Waals surface area contributed by atoms with E-state index in [2.05, 4.69) is 55.3 Å². The average molecular weight is 410 g/mol. The van der Waals surface area contributed by atoms with Gasteiger partial charge < -0.3 is 15.5 Å². The van der Waals surface area contributed by atoms with Gasteiger partial charge in [0.1, 0.15) is 0 Å². The first kappa shape index (κ1) is 21.0. The van der Waals surface area contributed by atoms with Gasteiger partial charge in [-0.3, -0.25) is 4.99 Å². The zero-order valence-corrected chi connectivity index (χ0v) is 16.9. The molecular weight excluding hydrogens is 375 g/mol. The van der Waals surface area contributed by atoms with Crippen LogP contribution in [0.15, 0.2) is 4.99 Å². The minimum absolute atomic E-state index is 0. The number of hydrogen-bond acceptors (Lipinski definition) is 2. The van der Waals surface area contributed by atoms with Gasteiger partial charge >= 0.3 is 0 Å². The van der Waals surface area contributed by atoms with E-state index in [0.29, 0.717) is 0 Å². The van der Waals surface area contributed by atoms with Crippen LogP contribution in [0, 0.1) is 0 Å². The molecule has 1 rings (SSSR count). The van der Waals surface area contributed by atoms with E-state index in [9.17, 15) is 0 Å². The summed E-state index contributed by atoms with van der Waals surface area (Å²) in [5, 5.41) is 6.74. The van der Waals surface area contributed by atoms with E-state index in [4.69, 9.17) is 0 Å². The molecule has 0 atom stereocenters. The van der Waals surface area contributed by atoms with Crippen LogP contribution in [0.4, 0.5) is 0 Å². The lowest BCUT2D eigenvalue weighted by Crippen LogP contribution is -2.48. The Morgan fingerprint density at radius 3 is 2.33 bits per heavy atom. The van der Waals surface area contributed by atoms with Crippen LogP contribution in [0.25, 0.3) is 0 Å². The lowest BCUT2D eigenvalue weighted by Gasteiger charge is -2.30. The molecule has 4 nitrogen and oxygen atoms in total. The lowest BCUT2D eigenvalue weighted by molar-refractivity contribution is 0.196. The molecule has 0 radical (unpaired) electrons. The van der Waals surface area contributed by atoms with Crippen LogP contribution in [0.3, 0.4) is 0 Å². The van der Waals surface area contributed by atoms with Crippen LogP contribution in [0.5, 0.6) is 0 Å². The van der Waals surface area contributed by atoms with Crippen molar-refractivity contribution in [3.63, 3.8) is 0 Å². The summed E-state index contributed by atoms with van der Waals surface area (Å²) < 4.78 is 0. The summed E-state index contributed by atoms with van der Waals surface area (Å²) >= 11 is 0. The minimum Gasteiger partial charge on any atom is -0.357 e. The van der Waals surface area contributed by atoms with Crippen LogP contribution in [0.2, 0.25) is 0 Å². The van der Waals surface area contributed by atoms with E-state index in [1.54, 1.807) is 0 Å². The number of likely N-dealkylation sites (N-methyl/N-ethyl adjacent to an activating group) is 1. The molecule has 5 heteroatoms. The molecule has 0 spiro atoms. The second-order valence-electron chi connectivity index (χ2n) is 6.91. The quantitative estimate of drug-likeness (QED) is 0.415. The molecule has 0 bridgehead atoms. The molecule has 0 heterocycles. The number of hydrogen-bond donors (Lipinski definition) is 2. The summed E-state index contributed by atoms with van der Waals surface area (Å²) in [5.74, 6) is 0.928. The van der Waals surface area contributed by atoms with Crippen molar-refractivity contribution >= 4 is 29.9 Å². The maximum Gasteiger partial charge on any atom is 0.191 e. The van der Waals surface area contributed by atoms with Crippen LogP contribution < -0.4 is 10.6 Å². The first-order chi connectivity index (χ1) is 9.42. The summed E-state index contributed by atoms with van der Waals surface area (Å²) in [4.78, 5) is 7.18. The second-order valence-corrected chi connectivity index (χ2v) is 6.91. The number of nitrogens with zero attached hydrogens (tertiary/aromatic N) is 2. The van der Waals surface area contributed by atoms with Crippen molar-refractivity contribution in [1.82, 2.24) is 15.5 Å². The maximum absolute atomic E-state index is 4.69. The van der Waals surface area contributed by atoms with E-state index < -0.39 is 0 Å². The highest BCUT2D eigenvalue weighted by Crippen LogP contribution is 2.21. The Hall–Kier alpha value is -0.0400. The Morgan fingerprint density at radius 2 is 1.81 bits per heavy atom. The van der Waals surface area contributed by atoms with Crippen molar-refractivity contribution in [3.05, 3.63) is 0 Å². The fraction of sp³-hybridized carbons (Fsp3) is 0.938. The number of nitrogens with one attached hydrogen (secondary N) is 2. The van der Waals surface area contributed by atoms with Crippen LogP contribution in [-0.2, 0) is 0 Å². The lowest BCUT2D eigenvalue weighted by atomic mass is 9.94. The van der Waals surface area contributed by atoms with E-state index >= 15 is 0 Å². The largest absolute Gasteiger partial charge is 0.357 e. The normalized spacial score (nSPS) is 17.5. The number of aliphatic imine (C=N–C) groups is 1. The Kier molecular flexibility index (Phi) is 10.6. The van der Waals surface area contributed by atoms with Crippen molar-refractivity contribution in [3.8, 4) is 0 Å². The number of halogens is 1. The molecule has 2 N–H and O–H groups in total. The molecule has 0 unspecified atom stereocenters. The molecule has 21 heavy (non-hydrogen) atoms. The van der Waals surface area contributed by atoms with Gasteiger partial charge in [0, 0.05) is 24.7 Å². The van der Waals surface area contributed by atoms with Crippen molar-refractivity contribution in [2.75, 3.05) is 26.7 Å². The summed E-state index contributed by atoms with van der Waals surface area (Å²) in [5.41, 5.74) is 0.0519. The highest BCUT2D eigenvalue weighted by Gasteiger charge is 2.17. The fourth-order valence-electron chi connectivity index (χ4n) is 2.69. The highest BCUT2D eigenvalue weighted by atomic mass is 127. The summed E-state index contributed by atoms with van der Waals surface area (Å²) in [6.45, 7) is 11.4. The van der Waals surface area contributed by atoms with Crippen molar-refractivity contribution in [1.29, 1.82) is 0 Å². The Morgan fingerprint density at radius 1 is 1.19 bits per heavy atom. The monoisotopic (exact) mass is 410 g/mol. The summed E-state index contributed by atoms with van der Waals surface area (Å²) in [7, 11) is 2.25. The average Bonchev–Trinajstić information content (AvgIpc) is 2.38. The van der Waals surface area contributed by atoms with Crippen LogP contribution in [-0.4, -0.2) is 49.1 Å². The van der Waals surface area contributed by atoms with E-state index in [1.807, 2.05) is 0 Å². The molecule has 0 aliphatic heterocycles. The molecule has 1 aliphatic carbocycles. The molecule has 0 aromatic heterocycles. The van der Waals surface area contributed by atoms with Gasteiger partial charge in [0.05, 0.1) is 6.54 Å². The van der Waals surface area contributed by atoms with Gasteiger partial charge in [-0.25, -0.2) is 0 Å². The topological polar surface area (TPSA) is 39.7 Å². The van der Waals surface area contributed by atoms with Gasteiger partial charge in [-0.2, -0.15) is 0 Å². The standard InChI is InChI=1S/C16H34N4.HI/c1-6-17-15(19-16(2,3)4)18-12-13-20(5)14-10-8-7-9-11-14;/h14H,6-13H2,1-5H3,(H2,17,18,19);1H. The predicted molar refractivity (Wildman–Crippen MR) is 104 cm³/mol. The zero-order valence-electron chi connectivity index (χ0n) is 14.5. The third-order valence-electron chi connectivity index (χ3n) is 3.76. The Balaban J connectivity index is 0.00000400. The molecular formula is C16H35IN4. The van der Waals surface area contributed by atoms with Gasteiger partial charge in [-0.15, -0.1) is 24.0 Å². The van der Waals surface area contributed by atoms with E-state index in [-0.39, 0.29) is 29.5 Å². The number of rotatable bonds is 5. The van der Waals surface area contributed by atoms with Crippen molar-refractivity contribution < 1.29 is 0 Å². The first-order valence-corrected chi connectivity index (χ1v) is 8.19. The van der Waals surface area contributed by atoms with Crippen molar-refractivity contribution in [2.45, 2.75) is 71.4 Å². The summed E-state index contributed by atoms with van der Waals surface area (Å²) in [6, 6.07) is 0.775. The van der Waals surface area contributed by atoms with Gasteiger partial charge in [0.15, 0.2) is 5.96 Å². The number of guanidine groups is 1. The predicted octanol–water partition coefficient (Wildman–Crippen LogP) is 3.22. The smallest absolute Gasteiger partial charge is 0.191 e. The molecule has 0 aromatic carbocycles. The Bertz CT molecular complexity index is 293. The third kappa shape index (κ3) is 9.55. The Labute approximate surface area is 148 Å². The second kappa shape index (κ2) is 10.6. The minimum atomic E-state index is 0. The maximum atomic E-state index is 4.69. The van der Waals surface area contributed by atoms with Crippen LogP contribution in [0.1, 0.15) is 59.8 Å².